The highest BCUT2D eigenvalue weighted by molar-refractivity contribution is 5.99. The van der Waals surface area contributed by atoms with Crippen LogP contribution in [0.1, 0.15) is 19.4 Å². The van der Waals surface area contributed by atoms with Crippen molar-refractivity contribution in [3.63, 3.8) is 0 Å². The van der Waals surface area contributed by atoms with Crippen LogP contribution in [-0.4, -0.2) is 49.6 Å². The Morgan fingerprint density at radius 1 is 0.929 bits per heavy atom. The van der Waals surface area contributed by atoms with Crippen LogP contribution in [-0.2, 0) is 19.7 Å². The molecule has 0 spiro atoms. The summed E-state index contributed by atoms with van der Waals surface area (Å²) in [6.07, 6.45) is 0. The lowest BCUT2D eigenvalue weighted by atomic mass is 9.83. The van der Waals surface area contributed by atoms with Crippen molar-refractivity contribution < 1.29 is 14.3 Å². The molecule has 6 nitrogen and oxygen atoms in total. The third-order valence-electron chi connectivity index (χ3n) is 4.96. The lowest BCUT2D eigenvalue weighted by Crippen LogP contribution is -2.41. The summed E-state index contributed by atoms with van der Waals surface area (Å²) in [6.45, 7) is 7.04. The van der Waals surface area contributed by atoms with Crippen LogP contribution in [0.5, 0.6) is 0 Å². The van der Waals surface area contributed by atoms with E-state index in [1.807, 2.05) is 44.2 Å². The summed E-state index contributed by atoms with van der Waals surface area (Å²) in [4.78, 5) is 27.0. The molecule has 1 aliphatic rings. The minimum absolute atomic E-state index is 0.0519. The van der Waals surface area contributed by atoms with Gasteiger partial charge in [-0.15, -0.1) is 0 Å². The molecule has 0 aliphatic carbocycles. The van der Waals surface area contributed by atoms with Crippen molar-refractivity contribution in [2.45, 2.75) is 19.3 Å². The summed E-state index contributed by atoms with van der Waals surface area (Å²) in [5, 5.41) is 5.84. The molecule has 0 radical (unpaired) electrons. The Morgan fingerprint density at radius 3 is 2.11 bits per heavy atom. The van der Waals surface area contributed by atoms with Crippen LogP contribution in [0.2, 0.25) is 0 Å². The normalized spacial score (nSPS) is 15.1. The van der Waals surface area contributed by atoms with Gasteiger partial charge in [0.1, 0.15) is 0 Å². The second-order valence-electron chi connectivity index (χ2n) is 7.46. The molecule has 0 aromatic heterocycles. The second kappa shape index (κ2) is 8.99. The molecule has 0 bridgehead atoms. The van der Waals surface area contributed by atoms with E-state index in [4.69, 9.17) is 4.74 Å². The number of morpholine rings is 1. The maximum atomic E-state index is 12.7. The molecule has 148 valence electrons. The number of hydrogen-bond donors (Lipinski definition) is 2. The van der Waals surface area contributed by atoms with Crippen LogP contribution < -0.4 is 10.6 Å². The predicted molar refractivity (Wildman–Crippen MR) is 110 cm³/mol. The zero-order chi connectivity index (χ0) is 20.0. The van der Waals surface area contributed by atoms with Crippen LogP contribution in [0.25, 0.3) is 0 Å². The van der Waals surface area contributed by atoms with Crippen molar-refractivity contribution in [1.29, 1.82) is 0 Å². The summed E-state index contributed by atoms with van der Waals surface area (Å²) in [7, 11) is 0. The van der Waals surface area contributed by atoms with Gasteiger partial charge in [0.25, 0.3) is 0 Å². The highest BCUT2D eigenvalue weighted by atomic mass is 16.5. The van der Waals surface area contributed by atoms with E-state index >= 15 is 0 Å². The molecule has 6 heteroatoms. The van der Waals surface area contributed by atoms with Crippen LogP contribution >= 0.6 is 0 Å². The van der Waals surface area contributed by atoms with E-state index in [0.717, 1.165) is 18.7 Å². The molecule has 2 aromatic rings. The molecule has 0 atom stereocenters. The second-order valence-corrected chi connectivity index (χ2v) is 7.46. The molecule has 0 saturated carbocycles. The van der Waals surface area contributed by atoms with Gasteiger partial charge < -0.3 is 15.4 Å². The summed E-state index contributed by atoms with van der Waals surface area (Å²) in [6, 6.07) is 16.9. The van der Waals surface area contributed by atoms with Crippen LogP contribution in [0.15, 0.2) is 54.6 Å². The van der Waals surface area contributed by atoms with Gasteiger partial charge in [-0.1, -0.05) is 30.3 Å². The van der Waals surface area contributed by atoms with E-state index in [2.05, 4.69) is 15.5 Å². The fourth-order valence-electron chi connectivity index (χ4n) is 3.07. The maximum absolute atomic E-state index is 12.7. The Hall–Kier alpha value is -2.70. The standard InChI is InChI=1S/C22H27N3O3/c1-22(2,17-6-4-3-5-7-17)21(27)24-19-10-8-18(9-11-19)23-20(26)16-25-12-14-28-15-13-25/h3-11H,12-16H2,1-2H3,(H,23,26)(H,24,27). The summed E-state index contributed by atoms with van der Waals surface area (Å²) < 4.78 is 5.29. The number of amides is 2. The summed E-state index contributed by atoms with van der Waals surface area (Å²) >= 11 is 0. The third-order valence-corrected chi connectivity index (χ3v) is 4.96. The number of nitrogens with one attached hydrogen (secondary N) is 2. The number of ether oxygens (including phenoxy) is 1. The van der Waals surface area contributed by atoms with Crippen molar-refractivity contribution in [3.05, 3.63) is 60.2 Å². The lowest BCUT2D eigenvalue weighted by molar-refractivity contribution is -0.120. The first-order valence-electron chi connectivity index (χ1n) is 9.52. The van der Waals surface area contributed by atoms with Gasteiger partial charge in [-0.25, -0.2) is 0 Å². The maximum Gasteiger partial charge on any atom is 0.238 e. The largest absolute Gasteiger partial charge is 0.379 e. The number of nitrogens with zero attached hydrogens (tertiary/aromatic N) is 1. The SMILES string of the molecule is CC(C)(C(=O)Nc1ccc(NC(=O)CN2CCOCC2)cc1)c1ccccc1. The average Bonchev–Trinajstić information content (AvgIpc) is 2.71. The fraction of sp³-hybridized carbons (Fsp3) is 0.364. The van der Waals surface area contributed by atoms with E-state index in [0.29, 0.717) is 31.1 Å². The molecule has 28 heavy (non-hydrogen) atoms. The third kappa shape index (κ3) is 5.18. The van der Waals surface area contributed by atoms with Crippen LogP contribution in [0, 0.1) is 0 Å². The molecular formula is C22H27N3O3. The Balaban J connectivity index is 1.55. The zero-order valence-corrected chi connectivity index (χ0v) is 16.4. The van der Waals surface area contributed by atoms with Gasteiger partial charge in [0.05, 0.1) is 25.2 Å². The number of benzene rings is 2. The fourth-order valence-corrected chi connectivity index (χ4v) is 3.07. The molecule has 3 rings (SSSR count). The van der Waals surface area contributed by atoms with Gasteiger partial charge >= 0.3 is 0 Å². The number of carbonyl (C=O) groups excluding carboxylic acids is 2. The molecule has 1 aliphatic heterocycles. The van der Waals surface area contributed by atoms with Crippen molar-refractivity contribution >= 4 is 23.2 Å². The number of carbonyl (C=O) groups is 2. The first-order valence-corrected chi connectivity index (χ1v) is 9.52. The number of rotatable bonds is 6. The van der Waals surface area contributed by atoms with Gasteiger partial charge in [0.2, 0.25) is 11.8 Å². The topological polar surface area (TPSA) is 70.7 Å². The highest BCUT2D eigenvalue weighted by Crippen LogP contribution is 2.25. The predicted octanol–water partition coefficient (Wildman–Crippen LogP) is 2.87. The lowest BCUT2D eigenvalue weighted by Gasteiger charge is -2.25. The van der Waals surface area contributed by atoms with E-state index in [-0.39, 0.29) is 11.8 Å². The molecular weight excluding hydrogens is 354 g/mol. The molecule has 1 heterocycles. The number of hydrogen-bond acceptors (Lipinski definition) is 4. The quantitative estimate of drug-likeness (QED) is 0.807. The molecule has 2 amide bonds. The van der Waals surface area contributed by atoms with Gasteiger partial charge in [-0.3, -0.25) is 14.5 Å². The number of anilines is 2. The van der Waals surface area contributed by atoms with Gasteiger partial charge in [0.15, 0.2) is 0 Å². The minimum atomic E-state index is -0.647. The van der Waals surface area contributed by atoms with Gasteiger partial charge in [-0.2, -0.15) is 0 Å². The monoisotopic (exact) mass is 381 g/mol. The highest BCUT2D eigenvalue weighted by Gasteiger charge is 2.29. The van der Waals surface area contributed by atoms with Crippen LogP contribution in [0.4, 0.5) is 11.4 Å². The Morgan fingerprint density at radius 2 is 1.50 bits per heavy atom. The first kappa shape index (κ1) is 20.0. The molecule has 2 aromatic carbocycles. The Kier molecular flexibility index (Phi) is 6.44. The van der Waals surface area contributed by atoms with E-state index in [1.54, 1.807) is 24.3 Å². The molecule has 1 saturated heterocycles. The van der Waals surface area contributed by atoms with Crippen molar-refractivity contribution in [2.75, 3.05) is 43.5 Å². The summed E-state index contributed by atoms with van der Waals surface area (Å²) in [5.41, 5.74) is 1.71. The van der Waals surface area contributed by atoms with Crippen molar-refractivity contribution in [3.8, 4) is 0 Å². The molecule has 1 fully saturated rings. The Labute approximate surface area is 165 Å². The zero-order valence-electron chi connectivity index (χ0n) is 16.4. The average molecular weight is 381 g/mol. The Bertz CT molecular complexity index is 798. The molecule has 0 unspecified atom stereocenters. The summed E-state index contributed by atoms with van der Waals surface area (Å²) in [5.74, 6) is -0.133. The van der Waals surface area contributed by atoms with Gasteiger partial charge in [0, 0.05) is 24.5 Å². The van der Waals surface area contributed by atoms with E-state index in [9.17, 15) is 9.59 Å². The van der Waals surface area contributed by atoms with Crippen molar-refractivity contribution in [1.82, 2.24) is 4.90 Å². The smallest absolute Gasteiger partial charge is 0.238 e. The first-order chi connectivity index (χ1) is 13.4. The van der Waals surface area contributed by atoms with Crippen LogP contribution in [0.3, 0.4) is 0 Å². The van der Waals surface area contributed by atoms with Gasteiger partial charge in [-0.05, 0) is 43.7 Å². The van der Waals surface area contributed by atoms with E-state index in [1.165, 1.54) is 0 Å². The minimum Gasteiger partial charge on any atom is -0.379 e. The van der Waals surface area contributed by atoms with Crippen molar-refractivity contribution in [2.24, 2.45) is 0 Å². The van der Waals surface area contributed by atoms with E-state index < -0.39 is 5.41 Å². The molecule has 2 N–H and O–H groups in total.